The lowest BCUT2D eigenvalue weighted by Crippen LogP contribution is -1.94. The second-order valence-electron chi connectivity index (χ2n) is 4.73. The van der Waals surface area contributed by atoms with Gasteiger partial charge in [0.25, 0.3) is 0 Å². The van der Waals surface area contributed by atoms with Crippen LogP contribution in [0.1, 0.15) is 0 Å². The number of benzene rings is 2. The van der Waals surface area contributed by atoms with Gasteiger partial charge in [0, 0.05) is 9.79 Å². The average Bonchev–Trinajstić information content (AvgIpc) is 2.51. The van der Waals surface area contributed by atoms with E-state index >= 15 is 0 Å². The Morgan fingerprint density at radius 2 is 1.71 bits per heavy atom. The Labute approximate surface area is 102 Å². The summed E-state index contributed by atoms with van der Waals surface area (Å²) in [6.45, 7) is 0. The average molecular weight is 245 g/mol. The van der Waals surface area contributed by atoms with E-state index in [0.29, 0.717) is 5.69 Å². The van der Waals surface area contributed by atoms with Crippen molar-refractivity contribution in [1.29, 1.82) is 0 Å². The minimum absolute atomic E-state index is 0.177. The molecule has 17 heavy (non-hydrogen) atoms. The van der Waals surface area contributed by atoms with Crippen LogP contribution in [0.3, 0.4) is 0 Å². The minimum atomic E-state index is -0.995. The van der Waals surface area contributed by atoms with Gasteiger partial charge in [-0.3, -0.25) is 0 Å². The predicted octanol–water partition coefficient (Wildman–Crippen LogP) is 3.44. The maximum Gasteiger partial charge on any atom is 0.139 e. The van der Waals surface area contributed by atoms with Gasteiger partial charge in [-0.15, -0.1) is 0 Å². The van der Waals surface area contributed by atoms with Crippen molar-refractivity contribution in [3.05, 3.63) is 36.4 Å². The van der Waals surface area contributed by atoms with Crippen LogP contribution in [-0.2, 0) is 0 Å². The van der Waals surface area contributed by atoms with Crippen LogP contribution in [0.5, 0.6) is 5.75 Å². The molecule has 0 radical (unpaired) electrons. The SMILES string of the molecule is CS1(C)c2ccccc2-c2cc(O)c(N)cc21. The second-order valence-corrected chi connectivity index (χ2v) is 8.26. The topological polar surface area (TPSA) is 46.2 Å². The van der Waals surface area contributed by atoms with E-state index in [4.69, 9.17) is 5.73 Å². The van der Waals surface area contributed by atoms with E-state index in [9.17, 15) is 5.11 Å². The van der Waals surface area contributed by atoms with Crippen molar-refractivity contribution in [3.8, 4) is 16.9 Å². The molecule has 0 atom stereocenters. The van der Waals surface area contributed by atoms with Gasteiger partial charge < -0.3 is 10.8 Å². The number of anilines is 1. The van der Waals surface area contributed by atoms with E-state index in [0.717, 1.165) is 5.56 Å². The Hall–Kier alpha value is -1.61. The molecule has 88 valence electrons. The van der Waals surface area contributed by atoms with Crippen molar-refractivity contribution < 1.29 is 5.11 Å². The largest absolute Gasteiger partial charge is 0.506 e. The summed E-state index contributed by atoms with van der Waals surface area (Å²) in [7, 11) is -0.995. The van der Waals surface area contributed by atoms with Gasteiger partial charge in [-0.25, -0.2) is 0 Å². The van der Waals surface area contributed by atoms with Gasteiger partial charge >= 0.3 is 0 Å². The number of phenolic OH excluding ortho intramolecular Hbond substituents is 1. The number of hydrogen-bond donors (Lipinski definition) is 2. The summed E-state index contributed by atoms with van der Waals surface area (Å²) in [5, 5.41) is 9.76. The van der Waals surface area contributed by atoms with E-state index in [1.807, 2.05) is 12.1 Å². The van der Waals surface area contributed by atoms with Gasteiger partial charge in [-0.05, 0) is 41.8 Å². The molecule has 0 aromatic heterocycles. The molecule has 0 amide bonds. The number of rotatable bonds is 0. The third kappa shape index (κ3) is 1.29. The van der Waals surface area contributed by atoms with Crippen LogP contribution in [0.4, 0.5) is 5.69 Å². The number of fused-ring (bicyclic) bond motifs is 3. The van der Waals surface area contributed by atoms with Crippen molar-refractivity contribution >= 4 is 15.7 Å². The number of aromatic hydroxyl groups is 1. The van der Waals surface area contributed by atoms with E-state index < -0.39 is 10.0 Å². The molecule has 0 unspecified atom stereocenters. The number of nitrogens with two attached hydrogens (primary N) is 1. The highest BCUT2D eigenvalue weighted by atomic mass is 32.3. The lowest BCUT2D eigenvalue weighted by atomic mass is 10.1. The highest BCUT2D eigenvalue weighted by Crippen LogP contribution is 2.67. The van der Waals surface area contributed by atoms with Crippen molar-refractivity contribution in [3.63, 3.8) is 0 Å². The molecule has 3 N–H and O–H groups in total. The molecule has 1 heterocycles. The van der Waals surface area contributed by atoms with E-state index in [-0.39, 0.29) is 5.75 Å². The quantitative estimate of drug-likeness (QED) is 0.551. The number of hydrogen-bond acceptors (Lipinski definition) is 2. The summed E-state index contributed by atoms with van der Waals surface area (Å²) in [6, 6.07) is 12.1. The molecule has 2 nitrogen and oxygen atoms in total. The summed E-state index contributed by atoms with van der Waals surface area (Å²) in [5.74, 6) is 0.177. The Kier molecular flexibility index (Phi) is 1.98. The molecule has 3 heteroatoms. The minimum Gasteiger partial charge on any atom is -0.506 e. The monoisotopic (exact) mass is 245 g/mol. The molecule has 0 saturated heterocycles. The molecule has 1 aliphatic rings. The predicted molar refractivity (Wildman–Crippen MR) is 73.9 cm³/mol. The van der Waals surface area contributed by atoms with Crippen LogP contribution in [0.15, 0.2) is 46.2 Å². The molecular weight excluding hydrogens is 230 g/mol. The summed E-state index contributed by atoms with van der Waals surface area (Å²) in [4.78, 5) is 2.65. The molecule has 2 aromatic carbocycles. The van der Waals surface area contributed by atoms with Crippen molar-refractivity contribution in [2.75, 3.05) is 18.2 Å². The molecule has 3 rings (SSSR count). The molecule has 0 saturated carbocycles. The summed E-state index contributed by atoms with van der Waals surface area (Å²) in [5.41, 5.74) is 8.65. The van der Waals surface area contributed by atoms with Crippen LogP contribution in [0.2, 0.25) is 0 Å². The van der Waals surface area contributed by atoms with Crippen molar-refractivity contribution in [2.24, 2.45) is 0 Å². The van der Waals surface area contributed by atoms with Gasteiger partial charge in [-0.1, -0.05) is 18.2 Å². The first-order valence-corrected chi connectivity index (χ1v) is 7.92. The molecule has 1 aliphatic heterocycles. The highest BCUT2D eigenvalue weighted by Gasteiger charge is 2.32. The van der Waals surface area contributed by atoms with E-state index in [1.165, 1.54) is 15.4 Å². The fourth-order valence-corrected chi connectivity index (χ4v) is 4.99. The van der Waals surface area contributed by atoms with Crippen LogP contribution in [-0.4, -0.2) is 17.6 Å². The maximum atomic E-state index is 9.76. The van der Waals surface area contributed by atoms with Crippen LogP contribution in [0, 0.1) is 0 Å². The number of nitrogen functional groups attached to an aromatic ring is 1. The Bertz CT molecular complexity index is 620. The van der Waals surface area contributed by atoms with Gasteiger partial charge in [0.05, 0.1) is 5.69 Å². The normalized spacial score (nSPS) is 17.3. The lowest BCUT2D eigenvalue weighted by molar-refractivity contribution is 0.478. The first-order chi connectivity index (χ1) is 8.01. The molecule has 0 aliphatic carbocycles. The first kappa shape index (κ1) is 10.5. The van der Waals surface area contributed by atoms with Crippen molar-refractivity contribution in [1.82, 2.24) is 0 Å². The Balaban J connectivity index is 2.40. The Morgan fingerprint density at radius 1 is 1.00 bits per heavy atom. The van der Waals surface area contributed by atoms with Gasteiger partial charge in [0.2, 0.25) is 0 Å². The summed E-state index contributed by atoms with van der Waals surface area (Å²) >= 11 is 0. The van der Waals surface area contributed by atoms with Gasteiger partial charge in [-0.2, -0.15) is 10.0 Å². The smallest absolute Gasteiger partial charge is 0.139 e. The van der Waals surface area contributed by atoms with E-state index in [1.54, 1.807) is 6.07 Å². The molecule has 0 fully saturated rings. The molecular formula is C14H15NOS. The van der Waals surface area contributed by atoms with Crippen molar-refractivity contribution in [2.45, 2.75) is 9.79 Å². The Morgan fingerprint density at radius 3 is 2.47 bits per heavy atom. The first-order valence-electron chi connectivity index (χ1n) is 5.47. The zero-order chi connectivity index (χ0) is 12.2. The van der Waals surface area contributed by atoms with Crippen LogP contribution >= 0.6 is 10.0 Å². The lowest BCUT2D eigenvalue weighted by Gasteiger charge is -2.28. The van der Waals surface area contributed by atoms with Crippen LogP contribution < -0.4 is 5.73 Å². The molecule has 0 bridgehead atoms. The third-order valence-corrected chi connectivity index (χ3v) is 6.30. The fraction of sp³-hybridized carbons (Fsp3) is 0.143. The fourth-order valence-electron chi connectivity index (χ4n) is 2.47. The zero-order valence-corrected chi connectivity index (χ0v) is 10.7. The highest BCUT2D eigenvalue weighted by molar-refractivity contribution is 8.33. The second kappa shape index (κ2) is 3.20. The zero-order valence-electron chi connectivity index (χ0n) is 9.90. The number of phenols is 1. The van der Waals surface area contributed by atoms with Crippen LogP contribution in [0.25, 0.3) is 11.1 Å². The molecule has 2 aromatic rings. The summed E-state index contributed by atoms with van der Waals surface area (Å²) in [6.07, 6.45) is 4.54. The van der Waals surface area contributed by atoms with Gasteiger partial charge in [0.15, 0.2) is 0 Å². The standard InChI is InChI=1S/C14H15NOS/c1-17(2)13-6-4-3-5-9(13)10-7-12(16)11(15)8-14(10)17/h3-8,16H,15H2,1-2H3. The summed E-state index contributed by atoms with van der Waals surface area (Å²) < 4.78 is 0. The van der Waals surface area contributed by atoms with E-state index in [2.05, 4.69) is 30.7 Å². The third-order valence-electron chi connectivity index (χ3n) is 3.41. The molecule has 0 spiro atoms. The maximum absolute atomic E-state index is 9.76. The van der Waals surface area contributed by atoms with Gasteiger partial charge in [0.1, 0.15) is 5.75 Å².